The molecule has 0 atom stereocenters. The summed E-state index contributed by atoms with van der Waals surface area (Å²) in [6.45, 7) is 0. The number of hydrogen-bond donors (Lipinski definition) is 0. The SMILES string of the molecule is Fc1ncnc(-c2cccc(Br)c2)c1F. The highest BCUT2D eigenvalue weighted by Gasteiger charge is 2.12. The van der Waals surface area contributed by atoms with Gasteiger partial charge in [0.2, 0.25) is 5.82 Å². The predicted molar refractivity (Wildman–Crippen MR) is 55.1 cm³/mol. The van der Waals surface area contributed by atoms with Crippen LogP contribution in [-0.2, 0) is 0 Å². The molecule has 1 heterocycles. The zero-order valence-electron chi connectivity index (χ0n) is 7.42. The molecule has 15 heavy (non-hydrogen) atoms. The van der Waals surface area contributed by atoms with Gasteiger partial charge >= 0.3 is 0 Å². The minimum Gasteiger partial charge on any atom is -0.233 e. The lowest BCUT2D eigenvalue weighted by Gasteiger charge is -2.02. The van der Waals surface area contributed by atoms with Crippen LogP contribution in [0, 0.1) is 11.8 Å². The van der Waals surface area contributed by atoms with Gasteiger partial charge in [0, 0.05) is 10.0 Å². The van der Waals surface area contributed by atoms with Crippen LogP contribution < -0.4 is 0 Å². The number of aromatic nitrogens is 2. The molecule has 2 nitrogen and oxygen atoms in total. The lowest BCUT2D eigenvalue weighted by Crippen LogP contribution is -1.96. The molecule has 0 radical (unpaired) electrons. The Morgan fingerprint density at radius 3 is 2.67 bits per heavy atom. The highest BCUT2D eigenvalue weighted by Crippen LogP contribution is 2.23. The smallest absolute Gasteiger partial charge is 0.233 e. The number of nitrogens with zero attached hydrogens (tertiary/aromatic N) is 2. The Morgan fingerprint density at radius 1 is 1.13 bits per heavy atom. The summed E-state index contributed by atoms with van der Waals surface area (Å²) in [7, 11) is 0. The van der Waals surface area contributed by atoms with E-state index in [9.17, 15) is 8.78 Å². The number of halogens is 3. The molecule has 76 valence electrons. The Labute approximate surface area is 93.1 Å². The van der Waals surface area contributed by atoms with Crippen LogP contribution in [0.4, 0.5) is 8.78 Å². The number of rotatable bonds is 1. The van der Waals surface area contributed by atoms with E-state index in [1.54, 1.807) is 24.3 Å². The van der Waals surface area contributed by atoms with Gasteiger partial charge in [-0.2, -0.15) is 8.78 Å². The summed E-state index contributed by atoms with van der Waals surface area (Å²) in [6.07, 6.45) is 0.995. The monoisotopic (exact) mass is 270 g/mol. The Bertz CT molecular complexity index is 503. The minimum atomic E-state index is -1.14. The second kappa shape index (κ2) is 4.02. The van der Waals surface area contributed by atoms with Crippen molar-refractivity contribution in [2.75, 3.05) is 0 Å². The predicted octanol–water partition coefficient (Wildman–Crippen LogP) is 3.18. The molecule has 2 rings (SSSR count). The lowest BCUT2D eigenvalue weighted by molar-refractivity contribution is 0.476. The molecule has 0 saturated carbocycles. The summed E-state index contributed by atoms with van der Waals surface area (Å²) in [6, 6.07) is 6.82. The fourth-order valence-corrected chi connectivity index (χ4v) is 1.58. The van der Waals surface area contributed by atoms with E-state index in [4.69, 9.17) is 0 Å². The van der Waals surface area contributed by atoms with Gasteiger partial charge in [-0.3, -0.25) is 0 Å². The van der Waals surface area contributed by atoms with E-state index in [0.29, 0.717) is 5.56 Å². The largest absolute Gasteiger partial charge is 0.252 e. The van der Waals surface area contributed by atoms with Crippen LogP contribution >= 0.6 is 15.9 Å². The maximum Gasteiger partial charge on any atom is 0.252 e. The third-order valence-corrected chi connectivity index (χ3v) is 2.34. The molecule has 0 fully saturated rings. The van der Waals surface area contributed by atoms with Crippen molar-refractivity contribution in [2.24, 2.45) is 0 Å². The quantitative estimate of drug-likeness (QED) is 0.744. The van der Waals surface area contributed by atoms with Gasteiger partial charge in [-0.05, 0) is 12.1 Å². The van der Waals surface area contributed by atoms with Gasteiger partial charge in [0.25, 0.3) is 5.95 Å². The molecule has 0 bridgehead atoms. The molecule has 0 saturated heterocycles. The first kappa shape index (κ1) is 10.2. The molecule has 0 spiro atoms. The van der Waals surface area contributed by atoms with Gasteiger partial charge < -0.3 is 0 Å². The molecule has 2 aromatic rings. The molecule has 0 aliphatic rings. The summed E-state index contributed by atoms with van der Waals surface area (Å²) < 4.78 is 26.9. The van der Waals surface area contributed by atoms with Gasteiger partial charge in [0.05, 0.1) is 0 Å². The number of hydrogen-bond acceptors (Lipinski definition) is 2. The third kappa shape index (κ3) is 2.02. The first-order valence-electron chi connectivity index (χ1n) is 4.10. The van der Waals surface area contributed by atoms with Crippen LogP contribution in [0.1, 0.15) is 0 Å². The summed E-state index contributed by atoms with van der Waals surface area (Å²) in [5.41, 5.74) is 0.465. The average Bonchev–Trinajstić information content (AvgIpc) is 2.22. The maximum atomic E-state index is 13.3. The van der Waals surface area contributed by atoms with E-state index in [-0.39, 0.29) is 5.69 Å². The molecule has 1 aromatic carbocycles. The molecule has 1 aromatic heterocycles. The van der Waals surface area contributed by atoms with Crippen LogP contribution in [0.3, 0.4) is 0 Å². The third-order valence-electron chi connectivity index (χ3n) is 1.84. The summed E-state index contributed by atoms with van der Waals surface area (Å²) in [5.74, 6) is -2.17. The average molecular weight is 271 g/mol. The fourth-order valence-electron chi connectivity index (χ4n) is 1.19. The molecule has 0 amide bonds. The van der Waals surface area contributed by atoms with Crippen molar-refractivity contribution in [1.82, 2.24) is 9.97 Å². The van der Waals surface area contributed by atoms with Crippen LogP contribution in [0.25, 0.3) is 11.3 Å². The van der Waals surface area contributed by atoms with Crippen LogP contribution in [0.15, 0.2) is 35.1 Å². The fraction of sp³-hybridized carbons (Fsp3) is 0. The van der Waals surface area contributed by atoms with E-state index < -0.39 is 11.8 Å². The zero-order chi connectivity index (χ0) is 10.8. The topological polar surface area (TPSA) is 25.8 Å². The van der Waals surface area contributed by atoms with E-state index in [0.717, 1.165) is 10.8 Å². The molecule has 0 aliphatic heterocycles. The van der Waals surface area contributed by atoms with Gasteiger partial charge in [0.15, 0.2) is 0 Å². The second-order valence-corrected chi connectivity index (χ2v) is 3.75. The Balaban J connectivity index is 2.59. The normalized spacial score (nSPS) is 10.3. The lowest BCUT2D eigenvalue weighted by atomic mass is 10.1. The van der Waals surface area contributed by atoms with E-state index in [1.165, 1.54) is 0 Å². The first-order chi connectivity index (χ1) is 7.18. The molecular weight excluding hydrogens is 266 g/mol. The molecule has 0 aliphatic carbocycles. The van der Waals surface area contributed by atoms with E-state index >= 15 is 0 Å². The summed E-state index contributed by atoms with van der Waals surface area (Å²) in [4.78, 5) is 6.83. The van der Waals surface area contributed by atoms with Gasteiger partial charge in [-0.1, -0.05) is 28.1 Å². The van der Waals surface area contributed by atoms with Crippen molar-refractivity contribution < 1.29 is 8.78 Å². The van der Waals surface area contributed by atoms with Crippen LogP contribution in [-0.4, -0.2) is 9.97 Å². The van der Waals surface area contributed by atoms with Crippen LogP contribution in [0.2, 0.25) is 0 Å². The molecule has 0 N–H and O–H groups in total. The van der Waals surface area contributed by atoms with Gasteiger partial charge in [-0.15, -0.1) is 0 Å². The zero-order valence-corrected chi connectivity index (χ0v) is 9.00. The van der Waals surface area contributed by atoms with Gasteiger partial charge in [-0.25, -0.2) is 9.97 Å². The summed E-state index contributed by atoms with van der Waals surface area (Å²) in [5, 5.41) is 0. The first-order valence-corrected chi connectivity index (χ1v) is 4.89. The van der Waals surface area contributed by atoms with Gasteiger partial charge in [0.1, 0.15) is 12.0 Å². The van der Waals surface area contributed by atoms with Crippen molar-refractivity contribution >= 4 is 15.9 Å². The van der Waals surface area contributed by atoms with Crippen molar-refractivity contribution in [3.63, 3.8) is 0 Å². The highest BCUT2D eigenvalue weighted by atomic mass is 79.9. The Morgan fingerprint density at radius 2 is 1.93 bits per heavy atom. The second-order valence-electron chi connectivity index (χ2n) is 2.84. The minimum absolute atomic E-state index is 0.0381. The maximum absolute atomic E-state index is 13.3. The van der Waals surface area contributed by atoms with Crippen molar-refractivity contribution in [2.45, 2.75) is 0 Å². The molecular formula is C10H5BrF2N2. The Hall–Kier alpha value is -1.36. The van der Waals surface area contributed by atoms with Crippen molar-refractivity contribution in [3.8, 4) is 11.3 Å². The highest BCUT2D eigenvalue weighted by molar-refractivity contribution is 9.10. The van der Waals surface area contributed by atoms with Crippen LogP contribution in [0.5, 0.6) is 0 Å². The Kier molecular flexibility index (Phi) is 2.73. The van der Waals surface area contributed by atoms with Crippen molar-refractivity contribution in [1.29, 1.82) is 0 Å². The van der Waals surface area contributed by atoms with E-state index in [1.807, 2.05) is 0 Å². The molecule has 0 unspecified atom stereocenters. The number of benzene rings is 1. The molecule has 5 heteroatoms. The van der Waals surface area contributed by atoms with E-state index in [2.05, 4.69) is 25.9 Å². The summed E-state index contributed by atoms with van der Waals surface area (Å²) >= 11 is 3.24. The standard InChI is InChI=1S/C10H5BrF2N2/c11-7-3-1-2-6(4-7)9-8(12)10(13)15-5-14-9/h1-5H. The van der Waals surface area contributed by atoms with Crippen molar-refractivity contribution in [3.05, 3.63) is 46.8 Å².